The molecule has 6 rings (SSSR count). The molecule has 1 atom stereocenters. The Morgan fingerprint density at radius 2 is 1.70 bits per heavy atom. The van der Waals surface area contributed by atoms with Crippen molar-refractivity contribution in [2.75, 3.05) is 31.1 Å². The van der Waals surface area contributed by atoms with Crippen LogP contribution in [0.15, 0.2) is 79.0 Å². The van der Waals surface area contributed by atoms with Gasteiger partial charge in [-0.2, -0.15) is 0 Å². The number of anilines is 1. The van der Waals surface area contributed by atoms with Gasteiger partial charge in [0.2, 0.25) is 0 Å². The Balaban J connectivity index is 1.26. The minimum Gasteiger partial charge on any atom is -0.369 e. The molecule has 1 N–H and O–H groups in total. The number of piperazine rings is 1. The number of fused-ring (bicyclic) bond motifs is 1. The van der Waals surface area contributed by atoms with E-state index in [0.29, 0.717) is 18.6 Å². The van der Waals surface area contributed by atoms with Gasteiger partial charge >= 0.3 is 0 Å². The van der Waals surface area contributed by atoms with Crippen LogP contribution >= 0.6 is 0 Å². The van der Waals surface area contributed by atoms with Crippen LogP contribution in [0.2, 0.25) is 0 Å². The molecule has 0 bridgehead atoms. The summed E-state index contributed by atoms with van der Waals surface area (Å²) in [6, 6.07) is 26.2. The minimum absolute atomic E-state index is 0.0463. The average Bonchev–Trinajstić information content (AvgIpc) is 3.35. The molecule has 3 aromatic carbocycles. The third kappa shape index (κ3) is 6.18. The zero-order chi connectivity index (χ0) is 27.3. The van der Waals surface area contributed by atoms with E-state index < -0.39 is 0 Å². The highest BCUT2D eigenvalue weighted by Gasteiger charge is 2.24. The van der Waals surface area contributed by atoms with Crippen LogP contribution in [-0.4, -0.2) is 36.5 Å². The number of carbonyl (C=O) groups is 1. The van der Waals surface area contributed by atoms with E-state index in [9.17, 15) is 4.79 Å². The lowest BCUT2D eigenvalue weighted by Crippen LogP contribution is -2.43. The number of hydrogen-bond acceptors (Lipinski definition) is 3. The highest BCUT2D eigenvalue weighted by atomic mass is 16.1. The SMILES string of the molecule is Cc1cccc(C(CC(=O)Cc2ccc(N3CCNCC3)cc2)c2cn(CC3CCCCC3)c3ccccc23)c1. The third-order valence-electron chi connectivity index (χ3n) is 9.07. The van der Waals surface area contributed by atoms with E-state index >= 15 is 0 Å². The predicted molar refractivity (Wildman–Crippen MR) is 166 cm³/mol. The topological polar surface area (TPSA) is 37.3 Å². The molecule has 1 aromatic heterocycles. The highest BCUT2D eigenvalue weighted by Crippen LogP contribution is 2.37. The molecule has 1 saturated heterocycles. The maximum atomic E-state index is 13.7. The molecule has 2 fully saturated rings. The van der Waals surface area contributed by atoms with Crippen LogP contribution in [0.1, 0.15) is 66.7 Å². The van der Waals surface area contributed by atoms with Gasteiger partial charge < -0.3 is 14.8 Å². The van der Waals surface area contributed by atoms with E-state index in [0.717, 1.165) is 44.2 Å². The number of carbonyl (C=O) groups excluding carboxylic acids is 1. The van der Waals surface area contributed by atoms with E-state index in [1.54, 1.807) is 0 Å². The van der Waals surface area contributed by atoms with Crippen LogP contribution in [0.25, 0.3) is 10.9 Å². The van der Waals surface area contributed by atoms with Crippen molar-refractivity contribution in [2.24, 2.45) is 5.92 Å². The van der Waals surface area contributed by atoms with E-state index in [-0.39, 0.29) is 5.92 Å². The van der Waals surface area contributed by atoms with Gasteiger partial charge in [-0.15, -0.1) is 0 Å². The molecule has 1 saturated carbocycles. The number of rotatable bonds is 9. The number of para-hydroxylation sites is 1. The molecule has 1 aliphatic heterocycles. The second kappa shape index (κ2) is 12.4. The molecule has 4 nitrogen and oxygen atoms in total. The van der Waals surface area contributed by atoms with Crippen molar-refractivity contribution in [3.8, 4) is 0 Å². The fourth-order valence-corrected chi connectivity index (χ4v) is 6.92. The molecule has 1 aliphatic carbocycles. The van der Waals surface area contributed by atoms with Gasteiger partial charge in [-0.3, -0.25) is 4.79 Å². The monoisotopic (exact) mass is 533 g/mol. The molecule has 1 unspecified atom stereocenters. The van der Waals surface area contributed by atoms with Gasteiger partial charge in [0.15, 0.2) is 0 Å². The molecule has 0 spiro atoms. The van der Waals surface area contributed by atoms with E-state index in [2.05, 4.69) is 101 Å². The molecule has 2 aliphatic rings. The first-order valence-electron chi connectivity index (χ1n) is 15.3. The van der Waals surface area contributed by atoms with Gasteiger partial charge in [0.05, 0.1) is 0 Å². The molecule has 0 amide bonds. The van der Waals surface area contributed by atoms with E-state index in [4.69, 9.17) is 0 Å². The maximum Gasteiger partial charge on any atom is 0.138 e. The molecule has 208 valence electrons. The largest absolute Gasteiger partial charge is 0.369 e. The van der Waals surface area contributed by atoms with Crippen LogP contribution in [0.3, 0.4) is 0 Å². The molecule has 40 heavy (non-hydrogen) atoms. The Morgan fingerprint density at radius 1 is 0.925 bits per heavy atom. The number of Topliss-reactive ketones (excluding diaryl/α,β-unsaturated/α-hetero) is 1. The van der Waals surface area contributed by atoms with Gasteiger partial charge in [0.25, 0.3) is 0 Å². The van der Waals surface area contributed by atoms with Gasteiger partial charge in [0, 0.05) is 74.3 Å². The molecule has 4 heteroatoms. The zero-order valence-electron chi connectivity index (χ0n) is 23.9. The molecular formula is C36H43N3O. The Hall–Kier alpha value is -3.37. The first-order chi connectivity index (χ1) is 19.6. The van der Waals surface area contributed by atoms with E-state index in [1.165, 1.54) is 65.4 Å². The summed E-state index contributed by atoms with van der Waals surface area (Å²) in [6.45, 7) is 7.34. The fraction of sp³-hybridized carbons (Fsp3) is 0.417. The van der Waals surface area contributed by atoms with Crippen LogP contribution in [0.5, 0.6) is 0 Å². The highest BCUT2D eigenvalue weighted by molar-refractivity contribution is 5.87. The first kappa shape index (κ1) is 26.8. The number of nitrogens with zero attached hydrogens (tertiary/aromatic N) is 2. The van der Waals surface area contributed by atoms with Crippen molar-refractivity contribution in [1.82, 2.24) is 9.88 Å². The summed E-state index contributed by atoms with van der Waals surface area (Å²) in [5.41, 5.74) is 7.43. The minimum atomic E-state index is 0.0463. The zero-order valence-corrected chi connectivity index (χ0v) is 23.9. The maximum absolute atomic E-state index is 13.7. The summed E-state index contributed by atoms with van der Waals surface area (Å²) in [5, 5.41) is 4.71. The van der Waals surface area contributed by atoms with Crippen LogP contribution in [0.4, 0.5) is 5.69 Å². The number of nitrogens with one attached hydrogen (secondary N) is 1. The van der Waals surface area contributed by atoms with Crippen molar-refractivity contribution < 1.29 is 4.79 Å². The Morgan fingerprint density at radius 3 is 2.48 bits per heavy atom. The van der Waals surface area contributed by atoms with Crippen molar-refractivity contribution in [3.63, 3.8) is 0 Å². The summed E-state index contributed by atoms with van der Waals surface area (Å²) >= 11 is 0. The lowest BCUT2D eigenvalue weighted by atomic mass is 9.85. The van der Waals surface area contributed by atoms with Gasteiger partial charge in [0.1, 0.15) is 5.78 Å². The second-order valence-corrected chi connectivity index (χ2v) is 12.0. The van der Waals surface area contributed by atoms with Gasteiger partial charge in [-0.1, -0.05) is 79.4 Å². The number of aromatic nitrogens is 1. The third-order valence-corrected chi connectivity index (χ3v) is 9.07. The Bertz CT molecular complexity index is 1420. The summed E-state index contributed by atoms with van der Waals surface area (Å²) in [6.07, 6.45) is 10.1. The van der Waals surface area contributed by atoms with Crippen LogP contribution in [-0.2, 0) is 17.8 Å². The van der Waals surface area contributed by atoms with Crippen LogP contribution in [0, 0.1) is 12.8 Å². The van der Waals surface area contributed by atoms with Crippen molar-refractivity contribution in [1.29, 1.82) is 0 Å². The predicted octanol–water partition coefficient (Wildman–Crippen LogP) is 7.27. The molecule has 2 heterocycles. The van der Waals surface area contributed by atoms with Crippen LogP contribution < -0.4 is 10.2 Å². The van der Waals surface area contributed by atoms with Crippen molar-refractivity contribution >= 4 is 22.4 Å². The molecule has 0 radical (unpaired) electrons. The summed E-state index contributed by atoms with van der Waals surface area (Å²) in [4.78, 5) is 16.1. The summed E-state index contributed by atoms with van der Waals surface area (Å²) in [7, 11) is 0. The van der Waals surface area contributed by atoms with Gasteiger partial charge in [-0.25, -0.2) is 0 Å². The Kier molecular flexibility index (Phi) is 8.34. The smallest absolute Gasteiger partial charge is 0.138 e. The fourth-order valence-electron chi connectivity index (χ4n) is 6.92. The van der Waals surface area contributed by atoms with Crippen molar-refractivity contribution in [3.05, 3.63) is 101 Å². The summed E-state index contributed by atoms with van der Waals surface area (Å²) in [5.74, 6) is 1.09. The standard InChI is InChI=1S/C36H43N3O/c1-27-8-7-11-30(22-27)34(24-32(40)23-28-14-16-31(17-15-28)38-20-18-37-19-21-38)35-26-39(25-29-9-3-2-4-10-29)36-13-6-5-12-33(35)36/h5-8,11-17,22,26,29,34,37H,2-4,9-10,18-21,23-25H2,1H3. The second-order valence-electron chi connectivity index (χ2n) is 12.0. The average molecular weight is 534 g/mol. The quantitative estimate of drug-likeness (QED) is 0.246. The molecular weight excluding hydrogens is 490 g/mol. The lowest BCUT2D eigenvalue weighted by Gasteiger charge is -2.29. The number of aryl methyl sites for hydroxylation is 1. The summed E-state index contributed by atoms with van der Waals surface area (Å²) < 4.78 is 2.49. The van der Waals surface area contributed by atoms with Gasteiger partial charge in [-0.05, 0) is 60.6 Å². The number of benzene rings is 3. The number of hydrogen-bond donors (Lipinski definition) is 1. The first-order valence-corrected chi connectivity index (χ1v) is 15.3. The number of ketones is 1. The Labute approximate surface area is 239 Å². The normalized spacial score (nSPS) is 17.3. The molecule has 4 aromatic rings. The van der Waals surface area contributed by atoms with Crippen molar-refractivity contribution in [2.45, 2.75) is 64.3 Å². The van der Waals surface area contributed by atoms with E-state index in [1.807, 2.05) is 0 Å². The lowest BCUT2D eigenvalue weighted by molar-refractivity contribution is -0.118.